The van der Waals surface area contributed by atoms with Crippen LogP contribution < -0.4 is 4.90 Å². The lowest BCUT2D eigenvalue weighted by Crippen LogP contribution is -2.10. The minimum absolute atomic E-state index is 1.10. The molecule has 0 amide bonds. The standard InChI is InChI=1S/C56H38N2/c1-3-14-40(15-4-1)54-38-47(57(44-19-5-2-6-20-44)45-31-26-42(27-32-45)49-24-13-18-39-16-7-9-21-48(39)49)35-37-50(54)43-28-33-46(34-29-43)58-55-25-12-11-23-52(55)53-36-30-41-17-8-10-22-51(41)56(53)58/h1-38H. The second-order valence-electron chi connectivity index (χ2n) is 14.9. The first kappa shape index (κ1) is 33.6. The Bertz CT molecular complexity index is 3250. The largest absolute Gasteiger partial charge is 0.310 e. The van der Waals surface area contributed by atoms with Crippen molar-refractivity contribution in [3.05, 3.63) is 231 Å². The van der Waals surface area contributed by atoms with Crippen LogP contribution in [0.3, 0.4) is 0 Å². The number of para-hydroxylation sites is 2. The summed E-state index contributed by atoms with van der Waals surface area (Å²) in [6.45, 7) is 0. The van der Waals surface area contributed by atoms with Gasteiger partial charge in [0.15, 0.2) is 0 Å². The van der Waals surface area contributed by atoms with Gasteiger partial charge in [0.2, 0.25) is 0 Å². The Morgan fingerprint density at radius 3 is 1.62 bits per heavy atom. The molecule has 1 heterocycles. The summed E-state index contributed by atoms with van der Waals surface area (Å²) < 4.78 is 2.43. The number of aromatic nitrogens is 1. The SMILES string of the molecule is c1ccc(-c2cc(N(c3ccccc3)c3ccc(-c4cccc5ccccc45)cc3)ccc2-c2ccc(-n3c4ccccc4c4ccc5ccccc5c43)cc2)cc1. The van der Waals surface area contributed by atoms with Crippen molar-refractivity contribution in [2.75, 3.05) is 4.90 Å². The van der Waals surface area contributed by atoms with Gasteiger partial charge in [0, 0.05) is 38.9 Å². The Hall–Kier alpha value is -7.68. The Balaban J connectivity index is 1.03. The van der Waals surface area contributed by atoms with Crippen LogP contribution >= 0.6 is 0 Å². The second kappa shape index (κ2) is 14.1. The van der Waals surface area contributed by atoms with Crippen molar-refractivity contribution < 1.29 is 0 Å². The third kappa shape index (κ3) is 5.74. The Morgan fingerprint density at radius 1 is 0.293 bits per heavy atom. The van der Waals surface area contributed by atoms with E-state index in [4.69, 9.17) is 0 Å². The molecule has 0 aliphatic rings. The molecule has 0 aliphatic heterocycles. The van der Waals surface area contributed by atoms with E-state index in [1.165, 1.54) is 76.7 Å². The van der Waals surface area contributed by atoms with Crippen LogP contribution in [0.4, 0.5) is 17.1 Å². The fourth-order valence-corrected chi connectivity index (χ4v) is 8.86. The molecule has 0 spiro atoms. The average molecular weight is 739 g/mol. The molecule has 11 rings (SSSR count). The summed E-state index contributed by atoms with van der Waals surface area (Å²) in [6, 6.07) is 83.6. The van der Waals surface area contributed by atoms with Gasteiger partial charge in [-0.15, -0.1) is 0 Å². The monoisotopic (exact) mass is 738 g/mol. The van der Waals surface area contributed by atoms with E-state index in [0.717, 1.165) is 22.7 Å². The van der Waals surface area contributed by atoms with E-state index >= 15 is 0 Å². The number of fused-ring (bicyclic) bond motifs is 6. The summed E-state index contributed by atoms with van der Waals surface area (Å²) in [7, 11) is 0. The molecule has 1 aromatic heterocycles. The van der Waals surface area contributed by atoms with Gasteiger partial charge in [0.05, 0.1) is 11.0 Å². The first-order valence-corrected chi connectivity index (χ1v) is 19.9. The number of rotatable bonds is 7. The predicted octanol–water partition coefficient (Wildman–Crippen LogP) is 15.6. The van der Waals surface area contributed by atoms with Gasteiger partial charge in [-0.3, -0.25) is 0 Å². The van der Waals surface area contributed by atoms with Gasteiger partial charge in [0.25, 0.3) is 0 Å². The second-order valence-corrected chi connectivity index (χ2v) is 14.9. The molecule has 0 bridgehead atoms. The van der Waals surface area contributed by atoms with Crippen molar-refractivity contribution in [3.63, 3.8) is 0 Å². The van der Waals surface area contributed by atoms with Gasteiger partial charge in [0.1, 0.15) is 0 Å². The smallest absolute Gasteiger partial charge is 0.0619 e. The maximum Gasteiger partial charge on any atom is 0.0619 e. The van der Waals surface area contributed by atoms with Crippen molar-refractivity contribution >= 4 is 60.4 Å². The Labute approximate surface area is 338 Å². The van der Waals surface area contributed by atoms with E-state index in [2.05, 4.69) is 240 Å². The highest BCUT2D eigenvalue weighted by Gasteiger charge is 2.18. The van der Waals surface area contributed by atoms with E-state index in [1.54, 1.807) is 0 Å². The predicted molar refractivity (Wildman–Crippen MR) is 247 cm³/mol. The zero-order valence-corrected chi connectivity index (χ0v) is 31.8. The minimum Gasteiger partial charge on any atom is -0.310 e. The van der Waals surface area contributed by atoms with E-state index in [-0.39, 0.29) is 0 Å². The zero-order chi connectivity index (χ0) is 38.4. The van der Waals surface area contributed by atoms with Crippen molar-refractivity contribution in [2.24, 2.45) is 0 Å². The summed E-state index contributed by atoms with van der Waals surface area (Å²) in [5.74, 6) is 0. The maximum absolute atomic E-state index is 2.43. The number of anilines is 3. The highest BCUT2D eigenvalue weighted by Crippen LogP contribution is 2.42. The van der Waals surface area contributed by atoms with E-state index in [0.29, 0.717) is 0 Å². The lowest BCUT2D eigenvalue weighted by atomic mass is 9.93. The minimum atomic E-state index is 1.10. The average Bonchev–Trinajstić information content (AvgIpc) is 3.65. The van der Waals surface area contributed by atoms with Crippen molar-refractivity contribution in [2.45, 2.75) is 0 Å². The van der Waals surface area contributed by atoms with Gasteiger partial charge < -0.3 is 9.47 Å². The number of hydrogen-bond donors (Lipinski definition) is 0. The molecule has 10 aromatic carbocycles. The van der Waals surface area contributed by atoms with Crippen LogP contribution in [0.2, 0.25) is 0 Å². The molecule has 0 unspecified atom stereocenters. The summed E-state index contributed by atoms with van der Waals surface area (Å²) in [5.41, 5.74) is 14.1. The summed E-state index contributed by atoms with van der Waals surface area (Å²) in [5, 5.41) is 7.55. The fraction of sp³-hybridized carbons (Fsp3) is 0. The number of hydrogen-bond acceptors (Lipinski definition) is 1. The molecule has 0 saturated carbocycles. The fourth-order valence-electron chi connectivity index (χ4n) is 8.86. The Morgan fingerprint density at radius 2 is 0.845 bits per heavy atom. The van der Waals surface area contributed by atoms with Crippen LogP contribution in [0.15, 0.2) is 231 Å². The lowest BCUT2D eigenvalue weighted by molar-refractivity contribution is 1.19. The molecule has 0 N–H and O–H groups in total. The van der Waals surface area contributed by atoms with Crippen LogP contribution in [0, 0.1) is 0 Å². The first-order chi connectivity index (χ1) is 28.8. The molecule has 0 saturated heterocycles. The van der Waals surface area contributed by atoms with Crippen molar-refractivity contribution in [1.82, 2.24) is 4.57 Å². The molecule has 0 aliphatic carbocycles. The van der Waals surface area contributed by atoms with Crippen LogP contribution in [0.1, 0.15) is 0 Å². The molecule has 0 atom stereocenters. The molecule has 11 aromatic rings. The maximum atomic E-state index is 2.43. The first-order valence-electron chi connectivity index (χ1n) is 19.9. The van der Waals surface area contributed by atoms with Crippen molar-refractivity contribution in [3.8, 4) is 39.1 Å². The van der Waals surface area contributed by atoms with E-state index in [1.807, 2.05) is 0 Å². The molecular formula is C56H38N2. The molecule has 58 heavy (non-hydrogen) atoms. The summed E-state index contributed by atoms with van der Waals surface area (Å²) in [4.78, 5) is 2.36. The molecule has 272 valence electrons. The normalized spacial score (nSPS) is 11.4. The third-order valence-electron chi connectivity index (χ3n) is 11.6. The topological polar surface area (TPSA) is 8.17 Å². The zero-order valence-electron chi connectivity index (χ0n) is 31.8. The molecule has 2 heteroatoms. The summed E-state index contributed by atoms with van der Waals surface area (Å²) >= 11 is 0. The molecule has 0 fully saturated rings. The van der Waals surface area contributed by atoms with Crippen molar-refractivity contribution in [1.29, 1.82) is 0 Å². The van der Waals surface area contributed by atoms with Crippen LogP contribution in [-0.2, 0) is 0 Å². The third-order valence-corrected chi connectivity index (χ3v) is 11.6. The highest BCUT2D eigenvalue weighted by molar-refractivity contribution is 6.18. The quantitative estimate of drug-likeness (QED) is 0.158. The molecule has 2 nitrogen and oxygen atoms in total. The molecule has 0 radical (unpaired) electrons. The van der Waals surface area contributed by atoms with Gasteiger partial charge in [-0.1, -0.05) is 176 Å². The number of benzene rings is 10. The summed E-state index contributed by atoms with van der Waals surface area (Å²) in [6.07, 6.45) is 0. The van der Waals surface area contributed by atoms with Crippen LogP contribution in [-0.4, -0.2) is 4.57 Å². The van der Waals surface area contributed by atoms with Crippen LogP contribution in [0.25, 0.3) is 82.4 Å². The van der Waals surface area contributed by atoms with E-state index < -0.39 is 0 Å². The van der Waals surface area contributed by atoms with Gasteiger partial charge in [-0.2, -0.15) is 0 Å². The van der Waals surface area contributed by atoms with Gasteiger partial charge in [-0.25, -0.2) is 0 Å². The number of nitrogens with zero attached hydrogens (tertiary/aromatic N) is 2. The van der Waals surface area contributed by atoms with Gasteiger partial charge >= 0.3 is 0 Å². The highest BCUT2D eigenvalue weighted by atomic mass is 15.1. The van der Waals surface area contributed by atoms with Gasteiger partial charge in [-0.05, 0) is 104 Å². The molecular weight excluding hydrogens is 701 g/mol. The lowest BCUT2D eigenvalue weighted by Gasteiger charge is -2.27. The van der Waals surface area contributed by atoms with Crippen LogP contribution in [0.5, 0.6) is 0 Å². The van der Waals surface area contributed by atoms with E-state index in [9.17, 15) is 0 Å². The Kier molecular flexibility index (Phi) is 8.19.